The van der Waals surface area contributed by atoms with Gasteiger partial charge < -0.3 is 5.73 Å². The van der Waals surface area contributed by atoms with Gasteiger partial charge in [0.25, 0.3) is 0 Å². The van der Waals surface area contributed by atoms with E-state index in [1.54, 1.807) is 0 Å². The Balaban J connectivity index is 2.11. The molecule has 3 rings (SSSR count). The fourth-order valence-electron chi connectivity index (χ4n) is 2.58. The summed E-state index contributed by atoms with van der Waals surface area (Å²) < 4.78 is 2.07. The first-order valence-electron chi connectivity index (χ1n) is 7.03. The van der Waals surface area contributed by atoms with Gasteiger partial charge in [0.1, 0.15) is 11.6 Å². The van der Waals surface area contributed by atoms with Crippen LogP contribution >= 0.6 is 0 Å². The second-order valence-corrected chi connectivity index (χ2v) is 4.98. The maximum absolute atomic E-state index is 6.01. The minimum atomic E-state index is 0.0348. The highest BCUT2D eigenvalue weighted by Crippen LogP contribution is 2.25. The molecule has 1 aromatic heterocycles. The third-order valence-corrected chi connectivity index (χ3v) is 3.61. The number of hydrogen-bond donors (Lipinski definition) is 1. The number of nitrogens with two attached hydrogens (primary N) is 1. The zero-order valence-electron chi connectivity index (χ0n) is 12.0. The molecule has 2 N–H and O–H groups in total. The summed E-state index contributed by atoms with van der Waals surface area (Å²) in [5.41, 5.74) is 8.23. The summed E-state index contributed by atoms with van der Waals surface area (Å²) in [5, 5.41) is 8.62. The van der Waals surface area contributed by atoms with Crippen LogP contribution in [0.4, 0.5) is 0 Å². The first-order chi connectivity index (χ1) is 10.3. The number of nitrogens with zero attached hydrogens (tertiary/aromatic N) is 3. The fraction of sp³-hybridized carbons (Fsp3) is 0.176. The summed E-state index contributed by atoms with van der Waals surface area (Å²) in [4.78, 5) is 0. The van der Waals surface area contributed by atoms with Gasteiger partial charge in [0, 0.05) is 12.2 Å². The third-order valence-electron chi connectivity index (χ3n) is 3.61. The van der Waals surface area contributed by atoms with Crippen LogP contribution in [0.3, 0.4) is 0 Å². The molecule has 0 amide bonds. The summed E-state index contributed by atoms with van der Waals surface area (Å²) in [7, 11) is 0. The Morgan fingerprint density at radius 3 is 2.19 bits per heavy atom. The van der Waals surface area contributed by atoms with Crippen molar-refractivity contribution in [2.75, 3.05) is 6.54 Å². The lowest BCUT2D eigenvalue weighted by atomic mass is 9.98. The fourth-order valence-corrected chi connectivity index (χ4v) is 2.58. The summed E-state index contributed by atoms with van der Waals surface area (Å²) in [5.74, 6) is 1.78. The van der Waals surface area contributed by atoms with Gasteiger partial charge in [-0.05, 0) is 24.6 Å². The van der Waals surface area contributed by atoms with Crippen LogP contribution in [-0.4, -0.2) is 21.3 Å². The maximum atomic E-state index is 6.01. The highest BCUT2D eigenvalue weighted by molar-refractivity contribution is 5.37. The number of para-hydroxylation sites is 1. The van der Waals surface area contributed by atoms with E-state index < -0.39 is 0 Å². The Hall–Kier alpha value is -2.46. The third kappa shape index (κ3) is 2.58. The van der Waals surface area contributed by atoms with Gasteiger partial charge in [0.2, 0.25) is 0 Å². The molecule has 0 saturated carbocycles. The van der Waals surface area contributed by atoms with Gasteiger partial charge in [0.15, 0.2) is 0 Å². The van der Waals surface area contributed by atoms with Gasteiger partial charge in [-0.3, -0.25) is 4.57 Å². The van der Waals surface area contributed by atoms with Gasteiger partial charge in [-0.25, -0.2) is 0 Å². The number of aryl methyl sites for hydroxylation is 1. The Bertz CT molecular complexity index is 704. The molecule has 0 bridgehead atoms. The maximum Gasteiger partial charge on any atom is 0.146 e. The Morgan fingerprint density at radius 1 is 0.952 bits per heavy atom. The van der Waals surface area contributed by atoms with Crippen LogP contribution < -0.4 is 5.73 Å². The van der Waals surface area contributed by atoms with E-state index >= 15 is 0 Å². The SMILES string of the molecule is Cc1nnc(C(CN)c2ccccc2)n1-c1ccccc1. The zero-order chi connectivity index (χ0) is 14.7. The average Bonchev–Trinajstić information content (AvgIpc) is 2.92. The van der Waals surface area contributed by atoms with Gasteiger partial charge in [-0.15, -0.1) is 10.2 Å². The molecule has 1 unspecified atom stereocenters. The van der Waals surface area contributed by atoms with E-state index in [1.165, 1.54) is 0 Å². The molecule has 0 aliphatic rings. The topological polar surface area (TPSA) is 56.7 Å². The lowest BCUT2D eigenvalue weighted by Gasteiger charge is -2.17. The van der Waals surface area contributed by atoms with E-state index in [-0.39, 0.29) is 5.92 Å². The largest absolute Gasteiger partial charge is 0.329 e. The molecule has 3 aromatic rings. The molecule has 4 nitrogen and oxygen atoms in total. The normalized spacial score (nSPS) is 12.3. The average molecular weight is 278 g/mol. The highest BCUT2D eigenvalue weighted by atomic mass is 15.3. The van der Waals surface area contributed by atoms with Crippen LogP contribution in [0.15, 0.2) is 60.7 Å². The van der Waals surface area contributed by atoms with Crippen molar-refractivity contribution in [3.63, 3.8) is 0 Å². The molecule has 2 aromatic carbocycles. The summed E-state index contributed by atoms with van der Waals surface area (Å²) in [6.45, 7) is 2.46. The monoisotopic (exact) mass is 278 g/mol. The van der Waals surface area contributed by atoms with Crippen LogP contribution in [-0.2, 0) is 0 Å². The Morgan fingerprint density at radius 2 is 1.57 bits per heavy atom. The Labute approximate surface area is 124 Å². The molecule has 1 heterocycles. The van der Waals surface area contributed by atoms with Crippen LogP contribution in [0, 0.1) is 6.92 Å². The predicted molar refractivity (Wildman–Crippen MR) is 83.4 cm³/mol. The highest BCUT2D eigenvalue weighted by Gasteiger charge is 2.21. The van der Waals surface area contributed by atoms with Crippen molar-refractivity contribution in [3.05, 3.63) is 77.9 Å². The van der Waals surface area contributed by atoms with E-state index in [0.29, 0.717) is 6.54 Å². The van der Waals surface area contributed by atoms with Crippen molar-refractivity contribution in [2.45, 2.75) is 12.8 Å². The second-order valence-electron chi connectivity index (χ2n) is 4.98. The standard InChI is InChI=1S/C17H18N4/c1-13-19-20-17(21(13)15-10-6-3-7-11-15)16(12-18)14-8-4-2-5-9-14/h2-11,16H,12,18H2,1H3. The molecule has 4 heteroatoms. The molecule has 0 spiro atoms. The lowest BCUT2D eigenvalue weighted by molar-refractivity contribution is 0.724. The van der Waals surface area contributed by atoms with Gasteiger partial charge >= 0.3 is 0 Å². The second kappa shape index (κ2) is 5.89. The minimum Gasteiger partial charge on any atom is -0.329 e. The van der Waals surface area contributed by atoms with Gasteiger partial charge in [-0.2, -0.15) is 0 Å². The molecular weight excluding hydrogens is 260 g/mol. The molecule has 1 atom stereocenters. The van der Waals surface area contributed by atoms with Crippen molar-refractivity contribution in [2.24, 2.45) is 5.73 Å². The summed E-state index contributed by atoms with van der Waals surface area (Å²) in [6, 6.07) is 20.3. The molecule has 0 aliphatic heterocycles. The molecule has 106 valence electrons. The number of aromatic nitrogens is 3. The number of benzene rings is 2. The van der Waals surface area contributed by atoms with Gasteiger partial charge in [0.05, 0.1) is 5.92 Å². The molecule has 0 saturated heterocycles. The predicted octanol–water partition coefficient (Wildman–Crippen LogP) is 2.67. The number of rotatable bonds is 4. The van der Waals surface area contributed by atoms with E-state index in [0.717, 1.165) is 22.9 Å². The van der Waals surface area contributed by atoms with Crippen LogP contribution in [0.2, 0.25) is 0 Å². The quantitative estimate of drug-likeness (QED) is 0.798. The smallest absolute Gasteiger partial charge is 0.146 e. The van der Waals surface area contributed by atoms with Crippen LogP contribution in [0.1, 0.15) is 23.1 Å². The first kappa shape index (κ1) is 13.5. The van der Waals surface area contributed by atoms with Crippen molar-refractivity contribution >= 4 is 0 Å². The number of hydrogen-bond acceptors (Lipinski definition) is 3. The Kier molecular flexibility index (Phi) is 3.79. The van der Waals surface area contributed by atoms with E-state index in [1.807, 2.05) is 43.3 Å². The van der Waals surface area contributed by atoms with Crippen molar-refractivity contribution in [3.8, 4) is 5.69 Å². The van der Waals surface area contributed by atoms with Crippen LogP contribution in [0.5, 0.6) is 0 Å². The minimum absolute atomic E-state index is 0.0348. The van der Waals surface area contributed by atoms with Crippen molar-refractivity contribution < 1.29 is 0 Å². The summed E-state index contributed by atoms with van der Waals surface area (Å²) in [6.07, 6.45) is 0. The van der Waals surface area contributed by atoms with Crippen molar-refractivity contribution in [1.82, 2.24) is 14.8 Å². The molecule has 0 fully saturated rings. The molecule has 0 radical (unpaired) electrons. The van der Waals surface area contributed by atoms with Crippen LogP contribution in [0.25, 0.3) is 5.69 Å². The van der Waals surface area contributed by atoms with E-state index in [4.69, 9.17) is 5.73 Å². The summed E-state index contributed by atoms with van der Waals surface area (Å²) >= 11 is 0. The van der Waals surface area contributed by atoms with E-state index in [2.05, 4.69) is 39.0 Å². The lowest BCUT2D eigenvalue weighted by Crippen LogP contribution is -2.18. The zero-order valence-corrected chi connectivity index (χ0v) is 12.0. The molecular formula is C17H18N4. The van der Waals surface area contributed by atoms with Crippen molar-refractivity contribution in [1.29, 1.82) is 0 Å². The molecule has 0 aliphatic carbocycles. The van der Waals surface area contributed by atoms with Gasteiger partial charge in [-0.1, -0.05) is 48.5 Å². The molecule has 21 heavy (non-hydrogen) atoms. The first-order valence-corrected chi connectivity index (χ1v) is 7.03. The van der Waals surface area contributed by atoms with E-state index in [9.17, 15) is 0 Å².